The summed E-state index contributed by atoms with van der Waals surface area (Å²) < 4.78 is 13.1. The number of para-hydroxylation sites is 1. The number of nitrogens with zero attached hydrogens (tertiary/aromatic N) is 5. The van der Waals surface area contributed by atoms with E-state index in [1.807, 2.05) is 6.07 Å². The van der Waals surface area contributed by atoms with E-state index >= 15 is 0 Å². The van der Waals surface area contributed by atoms with Crippen LogP contribution < -0.4 is 16.0 Å². The number of halogens is 1. The van der Waals surface area contributed by atoms with Gasteiger partial charge >= 0.3 is 0 Å². The maximum absolute atomic E-state index is 13.1. The largest absolute Gasteiger partial charge is 0.369 e. The average molecular weight is 379 g/mol. The molecule has 7 nitrogen and oxygen atoms in total. The monoisotopic (exact) mass is 379 g/mol. The van der Waals surface area contributed by atoms with Gasteiger partial charge in [-0.2, -0.15) is 15.0 Å². The fraction of sp³-hybridized carbons (Fsp3) is 0.250. The highest BCUT2D eigenvalue weighted by molar-refractivity contribution is 5.53. The second kappa shape index (κ2) is 8.18. The molecule has 3 aromatic rings. The van der Waals surface area contributed by atoms with Crippen molar-refractivity contribution in [1.29, 1.82) is 0 Å². The minimum absolute atomic E-state index is 0.164. The number of piperazine rings is 1. The number of benzene rings is 2. The summed E-state index contributed by atoms with van der Waals surface area (Å²) in [4.78, 5) is 17.5. The Morgan fingerprint density at radius 3 is 2.32 bits per heavy atom. The van der Waals surface area contributed by atoms with Gasteiger partial charge in [-0.15, -0.1) is 0 Å². The number of nitrogens with one attached hydrogen (secondary N) is 1. The molecule has 0 spiro atoms. The summed E-state index contributed by atoms with van der Waals surface area (Å²) >= 11 is 0. The molecule has 2 aromatic carbocycles. The van der Waals surface area contributed by atoms with Crippen LogP contribution in [-0.4, -0.2) is 46.0 Å². The Kier molecular flexibility index (Phi) is 5.29. The normalized spacial score (nSPS) is 14.8. The Balaban J connectivity index is 1.38. The zero-order valence-corrected chi connectivity index (χ0v) is 15.4. The first-order chi connectivity index (χ1) is 13.7. The van der Waals surface area contributed by atoms with Gasteiger partial charge in [0.25, 0.3) is 0 Å². The maximum Gasteiger partial charge on any atom is 0.232 e. The Morgan fingerprint density at radius 1 is 0.893 bits per heavy atom. The van der Waals surface area contributed by atoms with Crippen molar-refractivity contribution >= 4 is 23.3 Å². The molecule has 4 rings (SSSR count). The van der Waals surface area contributed by atoms with Gasteiger partial charge in [0.1, 0.15) is 11.6 Å². The van der Waals surface area contributed by atoms with Crippen LogP contribution in [0.5, 0.6) is 0 Å². The summed E-state index contributed by atoms with van der Waals surface area (Å²) in [5.74, 6) is 0.843. The molecule has 144 valence electrons. The smallest absolute Gasteiger partial charge is 0.232 e. The highest BCUT2D eigenvalue weighted by atomic mass is 19.1. The number of aromatic nitrogens is 3. The topological polar surface area (TPSA) is 83.2 Å². The molecule has 1 aromatic heterocycles. The van der Waals surface area contributed by atoms with Crippen LogP contribution in [0.1, 0.15) is 5.82 Å². The third-order valence-corrected chi connectivity index (χ3v) is 4.66. The Labute approximate surface area is 163 Å². The molecule has 1 fully saturated rings. The molecule has 0 amide bonds. The molecule has 0 atom stereocenters. The number of hydrogen-bond donors (Lipinski definition) is 2. The van der Waals surface area contributed by atoms with Crippen LogP contribution >= 0.6 is 0 Å². The molecule has 28 heavy (non-hydrogen) atoms. The summed E-state index contributed by atoms with van der Waals surface area (Å²) in [6, 6.07) is 16.4. The van der Waals surface area contributed by atoms with Crippen LogP contribution in [0, 0.1) is 5.82 Å². The van der Waals surface area contributed by atoms with Crippen LogP contribution in [0.3, 0.4) is 0 Å². The van der Waals surface area contributed by atoms with E-state index in [0.717, 1.165) is 26.2 Å². The van der Waals surface area contributed by atoms with Crippen molar-refractivity contribution in [1.82, 2.24) is 19.9 Å². The summed E-state index contributed by atoms with van der Waals surface area (Å²) in [6.45, 7) is 4.34. The third-order valence-electron chi connectivity index (χ3n) is 4.66. The number of hydrogen-bond acceptors (Lipinski definition) is 7. The molecule has 1 aliphatic rings. The van der Waals surface area contributed by atoms with Gasteiger partial charge in [-0.3, -0.25) is 4.90 Å². The lowest BCUT2D eigenvalue weighted by atomic mass is 10.2. The van der Waals surface area contributed by atoms with E-state index < -0.39 is 0 Å². The molecule has 3 N–H and O–H groups in total. The van der Waals surface area contributed by atoms with Crippen LogP contribution in [0.4, 0.5) is 27.7 Å². The predicted molar refractivity (Wildman–Crippen MR) is 108 cm³/mol. The number of rotatable bonds is 5. The van der Waals surface area contributed by atoms with Crippen LogP contribution in [0.25, 0.3) is 0 Å². The number of anilines is 4. The van der Waals surface area contributed by atoms with Gasteiger partial charge in [-0.1, -0.05) is 18.2 Å². The van der Waals surface area contributed by atoms with E-state index in [1.54, 1.807) is 12.1 Å². The Bertz CT molecular complexity index is 910. The van der Waals surface area contributed by atoms with Crippen molar-refractivity contribution in [3.05, 3.63) is 66.2 Å². The van der Waals surface area contributed by atoms with Crippen LogP contribution in [0.2, 0.25) is 0 Å². The molecule has 2 heterocycles. The first-order valence-corrected chi connectivity index (χ1v) is 9.21. The highest BCUT2D eigenvalue weighted by Gasteiger charge is 2.18. The third kappa shape index (κ3) is 4.52. The fourth-order valence-electron chi connectivity index (χ4n) is 3.23. The number of nitrogen functional groups attached to an aromatic ring is 1. The van der Waals surface area contributed by atoms with E-state index in [4.69, 9.17) is 5.73 Å². The highest BCUT2D eigenvalue weighted by Crippen LogP contribution is 2.17. The van der Waals surface area contributed by atoms with Crippen molar-refractivity contribution < 1.29 is 4.39 Å². The quantitative estimate of drug-likeness (QED) is 0.705. The molecule has 0 unspecified atom stereocenters. The lowest BCUT2D eigenvalue weighted by Crippen LogP contribution is -2.46. The first-order valence-electron chi connectivity index (χ1n) is 9.21. The minimum Gasteiger partial charge on any atom is -0.369 e. The maximum atomic E-state index is 13.1. The van der Waals surface area contributed by atoms with Gasteiger partial charge in [0.15, 0.2) is 0 Å². The average Bonchev–Trinajstić information content (AvgIpc) is 2.71. The molecular weight excluding hydrogens is 357 g/mol. The summed E-state index contributed by atoms with van der Waals surface area (Å²) in [5.41, 5.74) is 7.79. The van der Waals surface area contributed by atoms with Gasteiger partial charge in [0.2, 0.25) is 11.9 Å². The van der Waals surface area contributed by atoms with E-state index in [2.05, 4.69) is 54.3 Å². The van der Waals surface area contributed by atoms with E-state index in [-0.39, 0.29) is 11.8 Å². The molecule has 0 aliphatic carbocycles. The van der Waals surface area contributed by atoms with Crippen molar-refractivity contribution in [2.24, 2.45) is 0 Å². The second-order valence-corrected chi connectivity index (χ2v) is 6.66. The second-order valence-electron chi connectivity index (χ2n) is 6.66. The molecule has 0 saturated carbocycles. The van der Waals surface area contributed by atoms with Crippen molar-refractivity contribution in [2.45, 2.75) is 6.54 Å². The Hall–Kier alpha value is -3.26. The van der Waals surface area contributed by atoms with Gasteiger partial charge in [-0.05, 0) is 36.4 Å². The lowest BCUT2D eigenvalue weighted by molar-refractivity contribution is 0.244. The predicted octanol–water partition coefficient (Wildman–Crippen LogP) is 2.66. The fourth-order valence-corrected chi connectivity index (χ4v) is 3.23. The zero-order chi connectivity index (χ0) is 19.3. The summed E-state index contributed by atoms with van der Waals surface area (Å²) in [6.07, 6.45) is 0. The molecule has 1 aliphatic heterocycles. The lowest BCUT2D eigenvalue weighted by Gasteiger charge is -2.35. The standard InChI is InChI=1S/C20H22FN7/c21-15-6-8-16(9-7-15)23-20-25-18(24-19(22)26-20)14-27-10-12-28(13-11-27)17-4-2-1-3-5-17/h1-9H,10-14H2,(H3,22,23,24,25,26). The molecule has 0 bridgehead atoms. The van der Waals surface area contributed by atoms with Crippen LogP contribution in [0.15, 0.2) is 54.6 Å². The van der Waals surface area contributed by atoms with Crippen molar-refractivity contribution in [2.75, 3.05) is 42.1 Å². The van der Waals surface area contributed by atoms with Crippen molar-refractivity contribution in [3.8, 4) is 0 Å². The van der Waals surface area contributed by atoms with Gasteiger partial charge < -0.3 is 16.0 Å². The zero-order valence-electron chi connectivity index (χ0n) is 15.4. The van der Waals surface area contributed by atoms with E-state index in [0.29, 0.717) is 24.0 Å². The summed E-state index contributed by atoms with van der Waals surface area (Å²) in [7, 11) is 0. The molecule has 1 saturated heterocycles. The first kappa shape index (κ1) is 18.1. The van der Waals surface area contributed by atoms with Crippen LogP contribution in [-0.2, 0) is 6.54 Å². The molecule has 8 heteroatoms. The molecule has 0 radical (unpaired) electrons. The van der Waals surface area contributed by atoms with E-state index in [1.165, 1.54) is 17.8 Å². The van der Waals surface area contributed by atoms with Gasteiger partial charge in [0, 0.05) is 37.6 Å². The molecular formula is C20H22FN7. The summed E-state index contributed by atoms with van der Waals surface area (Å²) in [5, 5.41) is 3.04. The van der Waals surface area contributed by atoms with Gasteiger partial charge in [0.05, 0.1) is 6.54 Å². The number of nitrogens with two attached hydrogens (primary N) is 1. The SMILES string of the molecule is Nc1nc(CN2CCN(c3ccccc3)CC2)nc(Nc2ccc(F)cc2)n1. The minimum atomic E-state index is -0.295. The van der Waals surface area contributed by atoms with E-state index in [9.17, 15) is 4.39 Å². The van der Waals surface area contributed by atoms with Crippen molar-refractivity contribution in [3.63, 3.8) is 0 Å². The van der Waals surface area contributed by atoms with Gasteiger partial charge in [-0.25, -0.2) is 4.39 Å². The Morgan fingerprint density at radius 2 is 1.61 bits per heavy atom.